The van der Waals surface area contributed by atoms with Crippen LogP contribution >= 0.6 is 11.6 Å². The van der Waals surface area contributed by atoms with Crippen LogP contribution in [0.5, 0.6) is 0 Å². The van der Waals surface area contributed by atoms with E-state index in [1.165, 1.54) is 12.1 Å². The molecule has 1 heterocycles. The van der Waals surface area contributed by atoms with Crippen LogP contribution in [0, 0.1) is 12.3 Å². The average Bonchev–Trinajstić information content (AvgIpc) is 2.27. The number of carbonyl (C=O) groups is 1. The summed E-state index contributed by atoms with van der Waals surface area (Å²) in [7, 11) is 0. The van der Waals surface area contributed by atoms with Crippen molar-refractivity contribution in [3.05, 3.63) is 22.8 Å². The van der Waals surface area contributed by atoms with Crippen molar-refractivity contribution in [1.82, 2.24) is 4.98 Å². The number of anilines is 1. The normalized spacial score (nSPS) is 11.6. The molecule has 0 aliphatic heterocycles. The molecule has 1 aromatic heterocycles. The fourth-order valence-electron chi connectivity index (χ4n) is 1.36. The lowest BCUT2D eigenvalue weighted by Gasteiger charge is -2.13. The van der Waals surface area contributed by atoms with E-state index in [9.17, 15) is 4.79 Å². The second-order valence-corrected chi connectivity index (χ2v) is 3.91. The van der Waals surface area contributed by atoms with Gasteiger partial charge in [0.15, 0.2) is 0 Å². The van der Waals surface area contributed by atoms with E-state index < -0.39 is 5.97 Å². The molecule has 0 aliphatic rings. The summed E-state index contributed by atoms with van der Waals surface area (Å²) in [5.74, 6) is 1.91. The number of carboxylic acids is 1. The van der Waals surface area contributed by atoms with Crippen LogP contribution < -0.4 is 5.32 Å². The van der Waals surface area contributed by atoms with E-state index >= 15 is 0 Å². The Balaban J connectivity index is 2.91. The number of aromatic nitrogens is 1. The summed E-state index contributed by atoms with van der Waals surface area (Å²) in [5.41, 5.74) is 0.0831. The monoisotopic (exact) mass is 252 g/mol. The lowest BCUT2D eigenvalue weighted by Crippen LogP contribution is -2.18. The van der Waals surface area contributed by atoms with Crippen molar-refractivity contribution >= 4 is 23.4 Å². The van der Waals surface area contributed by atoms with Crippen LogP contribution in [0.2, 0.25) is 5.15 Å². The van der Waals surface area contributed by atoms with Gasteiger partial charge in [-0.25, -0.2) is 9.78 Å². The fraction of sp³-hybridized carbons (Fsp3) is 0.333. The number of terminal acetylenes is 1. The number of hydrogen-bond donors (Lipinski definition) is 2. The van der Waals surface area contributed by atoms with Crippen LogP contribution in [0.4, 0.5) is 5.82 Å². The first-order chi connectivity index (χ1) is 8.06. The summed E-state index contributed by atoms with van der Waals surface area (Å²) < 4.78 is 0. The van der Waals surface area contributed by atoms with Crippen molar-refractivity contribution in [1.29, 1.82) is 0 Å². The van der Waals surface area contributed by atoms with Crippen LogP contribution in [-0.2, 0) is 0 Å². The number of rotatable bonds is 5. The van der Waals surface area contributed by atoms with Crippen LogP contribution in [-0.4, -0.2) is 22.1 Å². The lowest BCUT2D eigenvalue weighted by atomic mass is 10.2. The summed E-state index contributed by atoms with van der Waals surface area (Å²) in [6.07, 6.45) is 7.06. The Kier molecular flexibility index (Phi) is 4.80. The van der Waals surface area contributed by atoms with Crippen molar-refractivity contribution in [2.45, 2.75) is 25.8 Å². The van der Waals surface area contributed by atoms with Gasteiger partial charge >= 0.3 is 5.97 Å². The molecule has 5 heteroatoms. The maximum atomic E-state index is 10.8. The summed E-state index contributed by atoms with van der Waals surface area (Å²) in [5, 5.41) is 12.0. The standard InChI is InChI=1S/C12H13ClN2O2/c1-3-5-9(4-2)14-11-7-8(12(16)17)6-10(13)15-11/h2,6-7,9H,3,5H2,1H3,(H,14,15)(H,16,17). The maximum Gasteiger partial charge on any atom is 0.335 e. The first-order valence-corrected chi connectivity index (χ1v) is 5.58. The Bertz CT molecular complexity index is 454. The summed E-state index contributed by atoms with van der Waals surface area (Å²) >= 11 is 5.73. The van der Waals surface area contributed by atoms with E-state index in [-0.39, 0.29) is 16.8 Å². The Morgan fingerprint density at radius 2 is 2.41 bits per heavy atom. The fourth-order valence-corrected chi connectivity index (χ4v) is 1.57. The molecule has 0 aliphatic carbocycles. The molecule has 2 N–H and O–H groups in total. The van der Waals surface area contributed by atoms with E-state index in [2.05, 4.69) is 16.2 Å². The number of hydrogen-bond acceptors (Lipinski definition) is 3. The van der Waals surface area contributed by atoms with Crippen LogP contribution in [0.3, 0.4) is 0 Å². The van der Waals surface area contributed by atoms with Gasteiger partial charge in [-0.15, -0.1) is 6.42 Å². The van der Waals surface area contributed by atoms with Gasteiger partial charge in [-0.3, -0.25) is 0 Å². The maximum absolute atomic E-state index is 10.8. The topological polar surface area (TPSA) is 62.2 Å². The highest BCUT2D eigenvalue weighted by atomic mass is 35.5. The van der Waals surface area contributed by atoms with Crippen LogP contribution in [0.1, 0.15) is 30.1 Å². The minimum absolute atomic E-state index is 0.0831. The number of aromatic carboxylic acids is 1. The first-order valence-electron chi connectivity index (χ1n) is 5.20. The highest BCUT2D eigenvalue weighted by Crippen LogP contribution is 2.16. The third kappa shape index (κ3) is 3.97. The number of pyridine rings is 1. The van der Waals surface area contributed by atoms with Crippen molar-refractivity contribution in [2.24, 2.45) is 0 Å². The van der Waals surface area contributed by atoms with Crippen molar-refractivity contribution in [3.8, 4) is 12.3 Å². The van der Waals surface area contributed by atoms with Gasteiger partial charge in [0.05, 0.1) is 11.6 Å². The van der Waals surface area contributed by atoms with Gasteiger partial charge in [-0.05, 0) is 18.6 Å². The molecular weight excluding hydrogens is 240 g/mol. The van der Waals surface area contributed by atoms with Gasteiger partial charge in [0.2, 0.25) is 0 Å². The summed E-state index contributed by atoms with van der Waals surface area (Å²) in [6, 6.07) is 2.53. The number of carboxylic acid groups (broad SMARTS) is 1. The Hall–Kier alpha value is -1.73. The molecule has 0 fully saturated rings. The first kappa shape index (κ1) is 13.3. The molecule has 0 saturated carbocycles. The minimum Gasteiger partial charge on any atom is -0.478 e. The van der Waals surface area contributed by atoms with Gasteiger partial charge in [0.1, 0.15) is 11.0 Å². The predicted octanol–water partition coefficient (Wildman–Crippen LogP) is 2.65. The van der Waals surface area contributed by atoms with Gasteiger partial charge in [0, 0.05) is 0 Å². The molecule has 1 aromatic rings. The number of halogens is 1. The average molecular weight is 253 g/mol. The third-order valence-electron chi connectivity index (χ3n) is 2.14. The van der Waals surface area contributed by atoms with Gasteiger partial charge in [0.25, 0.3) is 0 Å². The van der Waals surface area contributed by atoms with Crippen molar-refractivity contribution in [2.75, 3.05) is 5.32 Å². The van der Waals surface area contributed by atoms with Crippen molar-refractivity contribution in [3.63, 3.8) is 0 Å². The lowest BCUT2D eigenvalue weighted by molar-refractivity contribution is 0.0697. The quantitative estimate of drug-likeness (QED) is 0.625. The number of nitrogens with one attached hydrogen (secondary N) is 1. The predicted molar refractivity (Wildman–Crippen MR) is 67.4 cm³/mol. The molecule has 1 rings (SSSR count). The highest BCUT2D eigenvalue weighted by Gasteiger charge is 2.10. The zero-order chi connectivity index (χ0) is 12.8. The number of nitrogens with zero attached hydrogens (tertiary/aromatic N) is 1. The molecule has 0 radical (unpaired) electrons. The second kappa shape index (κ2) is 6.12. The SMILES string of the molecule is C#CC(CCC)Nc1cc(C(=O)O)cc(Cl)n1. The minimum atomic E-state index is -1.05. The molecule has 90 valence electrons. The van der Waals surface area contributed by atoms with E-state index in [4.69, 9.17) is 23.1 Å². The summed E-state index contributed by atoms with van der Waals surface area (Å²) in [6.45, 7) is 2.01. The largest absolute Gasteiger partial charge is 0.478 e. The molecule has 0 aromatic carbocycles. The molecule has 1 atom stereocenters. The Morgan fingerprint density at radius 3 is 2.94 bits per heavy atom. The molecule has 0 amide bonds. The van der Waals surface area contributed by atoms with E-state index in [0.29, 0.717) is 5.82 Å². The zero-order valence-corrected chi connectivity index (χ0v) is 10.2. The van der Waals surface area contributed by atoms with E-state index in [1.807, 2.05) is 6.92 Å². The van der Waals surface area contributed by atoms with E-state index in [1.54, 1.807) is 0 Å². The molecule has 0 bridgehead atoms. The van der Waals surface area contributed by atoms with E-state index in [0.717, 1.165) is 12.8 Å². The van der Waals surface area contributed by atoms with Gasteiger partial charge in [-0.1, -0.05) is 30.9 Å². The van der Waals surface area contributed by atoms with Crippen LogP contribution in [0.25, 0.3) is 0 Å². The van der Waals surface area contributed by atoms with Crippen LogP contribution in [0.15, 0.2) is 12.1 Å². The highest BCUT2D eigenvalue weighted by molar-refractivity contribution is 6.29. The molecule has 0 saturated heterocycles. The smallest absolute Gasteiger partial charge is 0.335 e. The Labute approximate surface area is 105 Å². The van der Waals surface area contributed by atoms with Gasteiger partial charge in [-0.2, -0.15) is 0 Å². The zero-order valence-electron chi connectivity index (χ0n) is 9.40. The molecule has 1 unspecified atom stereocenters. The second-order valence-electron chi connectivity index (χ2n) is 3.52. The molecule has 4 nitrogen and oxygen atoms in total. The Morgan fingerprint density at radius 1 is 1.71 bits per heavy atom. The molecule has 17 heavy (non-hydrogen) atoms. The van der Waals surface area contributed by atoms with Gasteiger partial charge < -0.3 is 10.4 Å². The summed E-state index contributed by atoms with van der Waals surface area (Å²) in [4.78, 5) is 14.8. The molecular formula is C12H13ClN2O2. The molecule has 0 spiro atoms. The third-order valence-corrected chi connectivity index (χ3v) is 2.34. The van der Waals surface area contributed by atoms with Crippen molar-refractivity contribution < 1.29 is 9.90 Å².